The molecule has 0 saturated carbocycles. The molecule has 2 aromatic heterocycles. The lowest BCUT2D eigenvalue weighted by molar-refractivity contribution is 0.111. The van der Waals surface area contributed by atoms with Gasteiger partial charge in [-0.15, -0.1) is 11.3 Å². The number of benzene rings is 1. The molecule has 0 saturated heterocycles. The van der Waals surface area contributed by atoms with Crippen LogP contribution >= 0.6 is 22.9 Å². The highest BCUT2D eigenvalue weighted by atomic mass is 35.5. The second-order valence-corrected chi connectivity index (χ2v) is 6.24. The Kier molecular flexibility index (Phi) is 4.50. The number of aryl methyl sites for hydroxylation is 1. The number of ether oxygens (including phenoxy) is 1. The molecule has 0 unspecified atom stereocenters. The molecule has 0 atom stereocenters. The van der Waals surface area contributed by atoms with E-state index in [0.717, 1.165) is 34.0 Å². The number of halogens is 1. The zero-order chi connectivity index (χ0) is 16.4. The van der Waals surface area contributed by atoms with Gasteiger partial charge < -0.3 is 4.74 Å². The van der Waals surface area contributed by atoms with Gasteiger partial charge in [0.15, 0.2) is 11.4 Å². The molecule has 23 heavy (non-hydrogen) atoms. The number of thiazole rings is 1. The lowest BCUT2D eigenvalue weighted by Gasteiger charge is -2.12. The first-order chi connectivity index (χ1) is 11.1. The zero-order valence-corrected chi connectivity index (χ0v) is 14.3. The molecule has 0 aliphatic carbocycles. The van der Waals surface area contributed by atoms with Crippen LogP contribution in [0.25, 0.3) is 16.4 Å². The summed E-state index contributed by atoms with van der Waals surface area (Å²) in [6.45, 7) is 4.48. The highest BCUT2D eigenvalue weighted by Crippen LogP contribution is 2.37. The van der Waals surface area contributed by atoms with E-state index in [1.807, 2.05) is 43.6 Å². The molecule has 0 aliphatic rings. The van der Waals surface area contributed by atoms with Crippen molar-refractivity contribution < 1.29 is 9.53 Å². The number of carbonyl (C=O) groups is 1. The minimum atomic E-state index is 0.568. The van der Waals surface area contributed by atoms with Gasteiger partial charge in [0.05, 0.1) is 18.0 Å². The zero-order valence-electron chi connectivity index (χ0n) is 12.7. The molecule has 0 radical (unpaired) electrons. The van der Waals surface area contributed by atoms with Crippen LogP contribution in [0.3, 0.4) is 0 Å². The van der Waals surface area contributed by atoms with Gasteiger partial charge in [0, 0.05) is 22.2 Å². The van der Waals surface area contributed by atoms with Crippen molar-refractivity contribution in [1.82, 2.24) is 9.55 Å². The fourth-order valence-electron chi connectivity index (χ4n) is 2.42. The summed E-state index contributed by atoms with van der Waals surface area (Å²) in [6.07, 6.45) is 2.63. The Bertz CT molecular complexity index is 854. The van der Waals surface area contributed by atoms with Crippen LogP contribution in [-0.4, -0.2) is 22.4 Å². The van der Waals surface area contributed by atoms with Crippen molar-refractivity contribution in [3.05, 3.63) is 52.1 Å². The Morgan fingerprint density at radius 2 is 2.26 bits per heavy atom. The van der Waals surface area contributed by atoms with Gasteiger partial charge in [0.2, 0.25) is 0 Å². The van der Waals surface area contributed by atoms with Gasteiger partial charge in [0.25, 0.3) is 0 Å². The summed E-state index contributed by atoms with van der Waals surface area (Å²) in [5, 5.41) is 3.31. The second-order valence-electron chi connectivity index (χ2n) is 4.97. The molecule has 0 fully saturated rings. The third-order valence-corrected chi connectivity index (χ3v) is 4.46. The molecule has 0 aliphatic heterocycles. The molecule has 0 bridgehead atoms. The van der Waals surface area contributed by atoms with Gasteiger partial charge in [-0.05, 0) is 43.7 Å². The van der Waals surface area contributed by atoms with Crippen LogP contribution in [0, 0.1) is 6.92 Å². The minimum Gasteiger partial charge on any atom is -0.493 e. The van der Waals surface area contributed by atoms with Gasteiger partial charge in [-0.2, -0.15) is 0 Å². The van der Waals surface area contributed by atoms with Gasteiger partial charge in [0.1, 0.15) is 5.75 Å². The van der Waals surface area contributed by atoms with E-state index in [4.69, 9.17) is 16.3 Å². The number of hydrogen-bond acceptors (Lipinski definition) is 4. The normalized spacial score (nSPS) is 10.7. The van der Waals surface area contributed by atoms with Crippen LogP contribution in [0.2, 0.25) is 5.02 Å². The number of hydrogen-bond donors (Lipinski definition) is 0. The third kappa shape index (κ3) is 3.02. The second kappa shape index (κ2) is 6.56. The maximum Gasteiger partial charge on any atom is 0.194 e. The van der Waals surface area contributed by atoms with Crippen molar-refractivity contribution in [2.75, 3.05) is 6.61 Å². The lowest BCUT2D eigenvalue weighted by atomic mass is 10.1. The third-order valence-electron chi connectivity index (χ3n) is 3.40. The lowest BCUT2D eigenvalue weighted by Crippen LogP contribution is -1.98. The average Bonchev–Trinajstić information content (AvgIpc) is 3.17. The molecule has 4 nitrogen and oxygen atoms in total. The number of nitrogens with zero attached hydrogens (tertiary/aromatic N) is 2. The smallest absolute Gasteiger partial charge is 0.194 e. The van der Waals surface area contributed by atoms with Crippen molar-refractivity contribution >= 4 is 29.2 Å². The first-order valence-electron chi connectivity index (χ1n) is 7.15. The monoisotopic (exact) mass is 346 g/mol. The first-order valence-corrected chi connectivity index (χ1v) is 8.41. The predicted octanol–water partition coefficient (Wildman–Crippen LogP) is 4.77. The Hall–Kier alpha value is -2.11. The van der Waals surface area contributed by atoms with Crippen molar-refractivity contribution in [3.8, 4) is 22.1 Å². The van der Waals surface area contributed by atoms with Crippen LogP contribution in [0.1, 0.15) is 23.0 Å². The number of aromatic nitrogens is 2. The summed E-state index contributed by atoms with van der Waals surface area (Å²) in [5.41, 5.74) is 3.18. The summed E-state index contributed by atoms with van der Waals surface area (Å²) in [4.78, 5) is 15.7. The minimum absolute atomic E-state index is 0.568. The standard InChI is InChI=1S/C17H15ClN2O2S/c1-3-22-16-11(2)7-12(18)8-14(16)15-10-23-17(19-15)20-6-4-5-13(20)9-21/h4-10H,3H2,1-2H3. The van der Waals surface area contributed by atoms with E-state index in [-0.39, 0.29) is 0 Å². The Morgan fingerprint density at radius 3 is 3.00 bits per heavy atom. The maximum absolute atomic E-state index is 11.1. The summed E-state index contributed by atoms with van der Waals surface area (Å²) in [5.74, 6) is 0.789. The van der Waals surface area contributed by atoms with E-state index in [1.165, 1.54) is 11.3 Å². The van der Waals surface area contributed by atoms with E-state index in [2.05, 4.69) is 4.98 Å². The quantitative estimate of drug-likeness (QED) is 0.625. The Morgan fingerprint density at radius 1 is 1.43 bits per heavy atom. The van der Waals surface area contributed by atoms with Gasteiger partial charge >= 0.3 is 0 Å². The van der Waals surface area contributed by atoms with Gasteiger partial charge in [-0.3, -0.25) is 9.36 Å². The van der Waals surface area contributed by atoms with E-state index in [1.54, 1.807) is 10.6 Å². The molecule has 0 N–H and O–H groups in total. The van der Waals surface area contributed by atoms with Crippen molar-refractivity contribution in [1.29, 1.82) is 0 Å². The topological polar surface area (TPSA) is 44.1 Å². The highest BCUT2D eigenvalue weighted by Gasteiger charge is 2.15. The van der Waals surface area contributed by atoms with Crippen LogP contribution < -0.4 is 4.74 Å². The van der Waals surface area contributed by atoms with Crippen molar-refractivity contribution in [3.63, 3.8) is 0 Å². The molecule has 1 aromatic carbocycles. The van der Waals surface area contributed by atoms with E-state index >= 15 is 0 Å². The van der Waals surface area contributed by atoms with Crippen molar-refractivity contribution in [2.24, 2.45) is 0 Å². The Balaban J connectivity index is 2.09. The van der Waals surface area contributed by atoms with Crippen LogP contribution in [0.5, 0.6) is 5.75 Å². The molecule has 3 rings (SSSR count). The molecule has 0 spiro atoms. The first kappa shape index (κ1) is 15.8. The van der Waals surface area contributed by atoms with Gasteiger partial charge in [-0.1, -0.05) is 11.6 Å². The summed E-state index contributed by atoms with van der Waals surface area (Å²) in [7, 11) is 0. The SMILES string of the molecule is CCOc1c(C)cc(Cl)cc1-c1csc(-n2cccc2C=O)n1. The maximum atomic E-state index is 11.1. The largest absolute Gasteiger partial charge is 0.493 e. The number of rotatable bonds is 5. The summed E-state index contributed by atoms with van der Waals surface area (Å²) >= 11 is 7.66. The summed E-state index contributed by atoms with van der Waals surface area (Å²) < 4.78 is 7.53. The van der Waals surface area contributed by atoms with E-state index in [0.29, 0.717) is 17.3 Å². The van der Waals surface area contributed by atoms with Crippen LogP contribution in [0.15, 0.2) is 35.8 Å². The average molecular weight is 347 g/mol. The summed E-state index contributed by atoms with van der Waals surface area (Å²) in [6, 6.07) is 7.30. The molecule has 3 aromatic rings. The molecular formula is C17H15ClN2O2S. The molecule has 0 amide bonds. The Labute approximate surface area is 143 Å². The van der Waals surface area contributed by atoms with Crippen molar-refractivity contribution in [2.45, 2.75) is 13.8 Å². The van der Waals surface area contributed by atoms with Crippen LogP contribution in [0.4, 0.5) is 0 Å². The number of carbonyl (C=O) groups excluding carboxylic acids is 1. The van der Waals surface area contributed by atoms with E-state index in [9.17, 15) is 4.79 Å². The highest BCUT2D eigenvalue weighted by molar-refractivity contribution is 7.12. The predicted molar refractivity (Wildman–Crippen MR) is 93.2 cm³/mol. The molecule has 2 heterocycles. The fourth-order valence-corrected chi connectivity index (χ4v) is 3.52. The molecule has 6 heteroatoms. The van der Waals surface area contributed by atoms with Crippen LogP contribution in [-0.2, 0) is 0 Å². The number of aldehydes is 1. The fraction of sp³-hybridized carbons (Fsp3) is 0.176. The van der Waals surface area contributed by atoms with E-state index < -0.39 is 0 Å². The molecule has 118 valence electrons. The molecular weight excluding hydrogens is 332 g/mol. The van der Waals surface area contributed by atoms with Gasteiger partial charge in [-0.25, -0.2) is 4.98 Å².